The molecule has 7 heteroatoms. The summed E-state index contributed by atoms with van der Waals surface area (Å²) in [4.78, 5) is 8.22. The molecule has 2 rings (SSSR count). The van der Waals surface area contributed by atoms with Crippen LogP contribution in [0, 0.1) is 0 Å². The molecule has 5 nitrogen and oxygen atoms in total. The van der Waals surface area contributed by atoms with Crippen molar-refractivity contribution in [3.63, 3.8) is 0 Å². The lowest BCUT2D eigenvalue weighted by Gasteiger charge is -2.11. The largest absolute Gasteiger partial charge is 0.356 e. The summed E-state index contributed by atoms with van der Waals surface area (Å²) in [6.45, 7) is 2.67. The number of imidazole rings is 1. The fraction of sp³-hybridized carbons (Fsp3) is 0.385. The third-order valence-corrected chi connectivity index (χ3v) is 3.44. The summed E-state index contributed by atoms with van der Waals surface area (Å²) in [5.41, 5.74) is 1.28. The van der Waals surface area contributed by atoms with Gasteiger partial charge in [0.1, 0.15) is 0 Å². The number of hydrogen-bond donors (Lipinski definition) is 2. The van der Waals surface area contributed by atoms with Gasteiger partial charge in [-0.05, 0) is 28.8 Å². The molecular weight excluding hydrogens is 385 g/mol. The van der Waals surface area contributed by atoms with E-state index in [0.717, 1.165) is 32.0 Å². The van der Waals surface area contributed by atoms with Gasteiger partial charge in [-0.3, -0.25) is 4.99 Å². The number of aryl methyl sites for hydroxylation is 1. The Morgan fingerprint density at radius 3 is 3.00 bits per heavy atom. The molecule has 0 aliphatic carbocycles. The van der Waals surface area contributed by atoms with Crippen LogP contribution in [0.3, 0.4) is 0 Å². The molecule has 0 saturated carbocycles. The molecule has 2 N–H and O–H groups in total. The van der Waals surface area contributed by atoms with E-state index in [-0.39, 0.29) is 24.0 Å². The molecule has 0 aliphatic heterocycles. The van der Waals surface area contributed by atoms with E-state index in [1.54, 1.807) is 24.6 Å². The summed E-state index contributed by atoms with van der Waals surface area (Å²) in [5, 5.41) is 10.8. The van der Waals surface area contributed by atoms with Crippen LogP contribution in [0.5, 0.6) is 0 Å². The predicted molar refractivity (Wildman–Crippen MR) is 94.8 cm³/mol. The molecule has 0 bridgehead atoms. The van der Waals surface area contributed by atoms with Crippen LogP contribution in [-0.2, 0) is 13.1 Å². The zero-order valence-electron chi connectivity index (χ0n) is 11.5. The molecule has 0 unspecified atom stereocenters. The van der Waals surface area contributed by atoms with Gasteiger partial charge in [-0.25, -0.2) is 4.98 Å². The van der Waals surface area contributed by atoms with E-state index in [1.165, 1.54) is 5.56 Å². The molecule has 0 spiro atoms. The Kier molecular flexibility index (Phi) is 8.28. The minimum atomic E-state index is 0. The zero-order valence-corrected chi connectivity index (χ0v) is 14.6. The maximum absolute atomic E-state index is 4.20. The Balaban J connectivity index is 0.00000200. The van der Waals surface area contributed by atoms with Crippen molar-refractivity contribution < 1.29 is 0 Å². The van der Waals surface area contributed by atoms with E-state index in [0.29, 0.717) is 0 Å². The molecule has 20 heavy (non-hydrogen) atoms. The van der Waals surface area contributed by atoms with E-state index in [2.05, 4.69) is 42.0 Å². The van der Waals surface area contributed by atoms with Crippen LogP contribution in [0.1, 0.15) is 12.0 Å². The Labute approximate surface area is 140 Å². The molecule has 0 fully saturated rings. The molecular formula is C13H20IN5S. The van der Waals surface area contributed by atoms with Crippen LogP contribution >= 0.6 is 35.3 Å². The van der Waals surface area contributed by atoms with Gasteiger partial charge in [0.05, 0.1) is 6.33 Å². The van der Waals surface area contributed by atoms with Gasteiger partial charge in [0, 0.05) is 39.1 Å². The number of hydrogen-bond acceptors (Lipinski definition) is 3. The van der Waals surface area contributed by atoms with Crippen LogP contribution in [-0.4, -0.2) is 29.1 Å². The summed E-state index contributed by atoms with van der Waals surface area (Å²) in [7, 11) is 1.79. The molecule has 0 saturated heterocycles. The first-order valence-corrected chi connectivity index (χ1v) is 7.24. The molecule has 2 aromatic rings. The minimum Gasteiger partial charge on any atom is -0.356 e. The van der Waals surface area contributed by atoms with Crippen molar-refractivity contribution in [2.75, 3.05) is 13.6 Å². The van der Waals surface area contributed by atoms with Gasteiger partial charge in [-0.2, -0.15) is 11.3 Å². The molecule has 0 aliphatic rings. The number of aliphatic imine (C=N–C) groups is 1. The normalized spacial score (nSPS) is 10.9. The Morgan fingerprint density at radius 2 is 2.35 bits per heavy atom. The summed E-state index contributed by atoms with van der Waals surface area (Å²) in [6, 6.07) is 2.12. The maximum Gasteiger partial charge on any atom is 0.191 e. The van der Waals surface area contributed by atoms with Crippen LogP contribution in [0.2, 0.25) is 0 Å². The topological polar surface area (TPSA) is 54.2 Å². The predicted octanol–water partition coefficient (Wildman–Crippen LogP) is 2.32. The van der Waals surface area contributed by atoms with E-state index in [9.17, 15) is 0 Å². The number of guanidine groups is 1. The standard InChI is InChI=1S/C13H19N5S.HI/c1-14-13(17-9-12-3-8-19-10-12)16-4-2-6-18-7-5-15-11-18;/h3,5,7-8,10-11H,2,4,6,9H2,1H3,(H2,14,16,17);1H. The van der Waals surface area contributed by atoms with Crippen molar-refractivity contribution in [3.8, 4) is 0 Å². The second-order valence-electron chi connectivity index (χ2n) is 4.14. The zero-order chi connectivity index (χ0) is 13.3. The number of rotatable bonds is 6. The van der Waals surface area contributed by atoms with Crippen LogP contribution < -0.4 is 10.6 Å². The molecule has 0 amide bonds. The van der Waals surface area contributed by atoms with E-state index in [4.69, 9.17) is 0 Å². The van der Waals surface area contributed by atoms with Gasteiger partial charge >= 0.3 is 0 Å². The van der Waals surface area contributed by atoms with Gasteiger partial charge in [0.2, 0.25) is 0 Å². The molecule has 0 radical (unpaired) electrons. The number of halogens is 1. The van der Waals surface area contributed by atoms with Crippen molar-refractivity contribution >= 4 is 41.3 Å². The second-order valence-corrected chi connectivity index (χ2v) is 4.92. The highest BCUT2D eigenvalue weighted by molar-refractivity contribution is 14.0. The van der Waals surface area contributed by atoms with Gasteiger partial charge < -0.3 is 15.2 Å². The Bertz CT molecular complexity index is 481. The number of aromatic nitrogens is 2. The lowest BCUT2D eigenvalue weighted by atomic mass is 10.3. The average molecular weight is 405 g/mol. The van der Waals surface area contributed by atoms with Crippen LogP contribution in [0.4, 0.5) is 0 Å². The molecule has 2 aromatic heterocycles. The summed E-state index contributed by atoms with van der Waals surface area (Å²) < 4.78 is 2.07. The first-order chi connectivity index (χ1) is 9.38. The first-order valence-electron chi connectivity index (χ1n) is 6.30. The Morgan fingerprint density at radius 1 is 1.45 bits per heavy atom. The first kappa shape index (κ1) is 17.0. The van der Waals surface area contributed by atoms with Gasteiger partial charge in [-0.1, -0.05) is 0 Å². The lowest BCUT2D eigenvalue weighted by molar-refractivity contribution is 0.624. The number of nitrogens with zero attached hydrogens (tertiary/aromatic N) is 3. The van der Waals surface area contributed by atoms with Gasteiger partial charge in [-0.15, -0.1) is 24.0 Å². The summed E-state index contributed by atoms with van der Waals surface area (Å²) in [5.74, 6) is 0.844. The number of thiophene rings is 1. The maximum atomic E-state index is 4.20. The third-order valence-electron chi connectivity index (χ3n) is 2.71. The molecule has 110 valence electrons. The number of nitrogens with one attached hydrogen (secondary N) is 2. The highest BCUT2D eigenvalue weighted by atomic mass is 127. The average Bonchev–Trinajstić information content (AvgIpc) is 3.11. The summed E-state index contributed by atoms with van der Waals surface area (Å²) >= 11 is 1.71. The Hall–Kier alpha value is -1.09. The monoisotopic (exact) mass is 405 g/mol. The van der Waals surface area contributed by atoms with Crippen molar-refractivity contribution in [2.24, 2.45) is 4.99 Å². The SMILES string of the molecule is CN=C(NCCCn1ccnc1)NCc1ccsc1.I. The van der Waals surface area contributed by atoms with Gasteiger partial charge in [0.25, 0.3) is 0 Å². The van der Waals surface area contributed by atoms with E-state index in [1.807, 2.05) is 12.5 Å². The van der Waals surface area contributed by atoms with E-state index < -0.39 is 0 Å². The highest BCUT2D eigenvalue weighted by Crippen LogP contribution is 2.04. The van der Waals surface area contributed by atoms with Crippen molar-refractivity contribution in [2.45, 2.75) is 19.5 Å². The summed E-state index contributed by atoms with van der Waals surface area (Å²) in [6.07, 6.45) is 6.65. The van der Waals surface area contributed by atoms with E-state index >= 15 is 0 Å². The molecule has 2 heterocycles. The molecule has 0 atom stereocenters. The lowest BCUT2D eigenvalue weighted by Crippen LogP contribution is -2.37. The quantitative estimate of drug-likeness (QED) is 0.336. The van der Waals surface area contributed by atoms with Crippen LogP contribution in [0.25, 0.3) is 0 Å². The minimum absolute atomic E-state index is 0. The second kappa shape index (κ2) is 9.76. The fourth-order valence-electron chi connectivity index (χ4n) is 1.69. The van der Waals surface area contributed by atoms with Crippen molar-refractivity contribution in [1.82, 2.24) is 20.2 Å². The highest BCUT2D eigenvalue weighted by Gasteiger charge is 1.98. The molecule has 0 aromatic carbocycles. The van der Waals surface area contributed by atoms with Gasteiger partial charge in [0.15, 0.2) is 5.96 Å². The van der Waals surface area contributed by atoms with Crippen molar-refractivity contribution in [3.05, 3.63) is 41.1 Å². The van der Waals surface area contributed by atoms with Crippen LogP contribution in [0.15, 0.2) is 40.5 Å². The fourth-order valence-corrected chi connectivity index (χ4v) is 2.36. The third kappa shape index (κ3) is 5.91. The smallest absolute Gasteiger partial charge is 0.191 e. The van der Waals surface area contributed by atoms with Crippen molar-refractivity contribution in [1.29, 1.82) is 0 Å².